The van der Waals surface area contributed by atoms with E-state index in [4.69, 9.17) is 17.3 Å². The molecule has 0 radical (unpaired) electrons. The molecule has 3 nitrogen and oxygen atoms in total. The molecule has 18 heavy (non-hydrogen) atoms. The molecule has 0 bridgehead atoms. The van der Waals surface area contributed by atoms with Gasteiger partial charge in [0.15, 0.2) is 0 Å². The molecule has 0 aliphatic carbocycles. The summed E-state index contributed by atoms with van der Waals surface area (Å²) >= 11 is 7.40. The predicted molar refractivity (Wildman–Crippen MR) is 79.1 cm³/mol. The average Bonchev–Trinajstić information content (AvgIpc) is 2.27. The van der Waals surface area contributed by atoms with Crippen molar-refractivity contribution in [2.75, 3.05) is 18.0 Å². The molecule has 100 valence electrons. The fraction of sp³-hybridized carbons (Fsp3) is 0.462. The second kappa shape index (κ2) is 7.54. The summed E-state index contributed by atoms with van der Waals surface area (Å²) in [6.07, 6.45) is 0.991. The van der Waals surface area contributed by atoms with E-state index >= 15 is 0 Å². The molecule has 0 fully saturated rings. The Hall–Kier alpha value is -0.870. The third kappa shape index (κ3) is 5.19. The van der Waals surface area contributed by atoms with Crippen molar-refractivity contribution >= 4 is 35.0 Å². The Morgan fingerprint density at radius 2 is 2.22 bits per heavy atom. The molecule has 0 aromatic heterocycles. The quantitative estimate of drug-likeness (QED) is 0.624. The van der Waals surface area contributed by atoms with E-state index in [1.807, 2.05) is 0 Å². The molecule has 1 amide bonds. The van der Waals surface area contributed by atoms with Gasteiger partial charge >= 0.3 is 0 Å². The molecule has 0 unspecified atom stereocenters. The molecule has 1 aromatic carbocycles. The van der Waals surface area contributed by atoms with Crippen LogP contribution in [-0.4, -0.2) is 18.2 Å². The van der Waals surface area contributed by atoms with E-state index in [1.165, 1.54) is 11.8 Å². The van der Waals surface area contributed by atoms with Gasteiger partial charge in [-0.3, -0.25) is 4.79 Å². The van der Waals surface area contributed by atoms with Gasteiger partial charge in [-0.25, -0.2) is 0 Å². The number of thioether (sulfide) groups is 1. The second-order valence-electron chi connectivity index (χ2n) is 4.48. The molecule has 1 rings (SSSR count). The van der Waals surface area contributed by atoms with Crippen LogP contribution >= 0.6 is 23.4 Å². The third-order valence-electron chi connectivity index (χ3n) is 2.39. The van der Waals surface area contributed by atoms with Crippen molar-refractivity contribution < 1.29 is 4.79 Å². The maximum Gasteiger partial charge on any atom is 0.230 e. The van der Waals surface area contributed by atoms with Crippen LogP contribution in [0.1, 0.15) is 20.3 Å². The maximum atomic E-state index is 11.6. The van der Waals surface area contributed by atoms with Crippen molar-refractivity contribution in [3.63, 3.8) is 0 Å². The summed E-state index contributed by atoms with van der Waals surface area (Å²) < 4.78 is 0. The fourth-order valence-corrected chi connectivity index (χ4v) is 2.53. The van der Waals surface area contributed by atoms with Gasteiger partial charge in [-0.2, -0.15) is 0 Å². The lowest BCUT2D eigenvalue weighted by Crippen LogP contribution is -2.26. The van der Waals surface area contributed by atoms with Crippen LogP contribution in [0.25, 0.3) is 0 Å². The van der Waals surface area contributed by atoms with Gasteiger partial charge in [0.1, 0.15) is 0 Å². The number of rotatable bonds is 6. The molecule has 0 aliphatic heterocycles. The summed E-state index contributed by atoms with van der Waals surface area (Å²) in [7, 11) is 0. The van der Waals surface area contributed by atoms with Crippen molar-refractivity contribution in [1.82, 2.24) is 5.32 Å². The Labute approximate surface area is 117 Å². The molecule has 0 aliphatic rings. The minimum Gasteiger partial charge on any atom is -0.398 e. The predicted octanol–water partition coefficient (Wildman–Crippen LogP) is 3.18. The van der Waals surface area contributed by atoms with Gasteiger partial charge in [-0.05, 0) is 24.5 Å². The number of anilines is 1. The van der Waals surface area contributed by atoms with Gasteiger partial charge in [-0.1, -0.05) is 31.5 Å². The third-order valence-corrected chi connectivity index (χ3v) is 3.97. The van der Waals surface area contributed by atoms with E-state index in [9.17, 15) is 4.79 Å². The number of hydrogen-bond donors (Lipinski definition) is 2. The van der Waals surface area contributed by atoms with Crippen LogP contribution in [0.2, 0.25) is 5.02 Å². The standard InChI is InChI=1S/C13H19ClN2OS/c1-9(2)6-7-16-12(17)8-18-13-10(14)4-3-5-11(13)15/h3-5,9H,6-8,15H2,1-2H3,(H,16,17). The summed E-state index contributed by atoms with van der Waals surface area (Å²) in [6.45, 7) is 4.98. The molecular formula is C13H19ClN2OS. The van der Waals surface area contributed by atoms with Gasteiger partial charge in [0.25, 0.3) is 0 Å². The van der Waals surface area contributed by atoms with Crippen molar-refractivity contribution in [2.24, 2.45) is 5.92 Å². The molecule has 5 heteroatoms. The monoisotopic (exact) mass is 286 g/mol. The highest BCUT2D eigenvalue weighted by Gasteiger charge is 2.08. The number of nitrogen functional groups attached to an aromatic ring is 1. The first kappa shape index (κ1) is 15.2. The molecule has 1 aromatic rings. The minimum atomic E-state index is 0.0139. The Morgan fingerprint density at radius 3 is 2.83 bits per heavy atom. The van der Waals surface area contributed by atoms with E-state index in [2.05, 4.69) is 19.2 Å². The second-order valence-corrected chi connectivity index (χ2v) is 5.87. The molecular weight excluding hydrogens is 268 g/mol. The Bertz CT molecular complexity index is 390. The van der Waals surface area contributed by atoms with Gasteiger partial charge in [-0.15, -0.1) is 11.8 Å². The number of halogens is 1. The van der Waals surface area contributed by atoms with Crippen LogP contribution in [0.4, 0.5) is 5.69 Å². The van der Waals surface area contributed by atoms with E-state index in [1.54, 1.807) is 18.2 Å². The van der Waals surface area contributed by atoms with Crippen LogP contribution in [0.3, 0.4) is 0 Å². The molecule has 0 saturated heterocycles. The van der Waals surface area contributed by atoms with E-state index in [-0.39, 0.29) is 5.91 Å². The fourth-order valence-electron chi connectivity index (χ4n) is 1.37. The zero-order valence-electron chi connectivity index (χ0n) is 10.7. The minimum absolute atomic E-state index is 0.0139. The van der Waals surface area contributed by atoms with E-state index < -0.39 is 0 Å². The lowest BCUT2D eigenvalue weighted by atomic mass is 10.1. The lowest BCUT2D eigenvalue weighted by molar-refractivity contribution is -0.118. The molecule has 3 N–H and O–H groups in total. The molecule has 0 atom stereocenters. The summed E-state index contributed by atoms with van der Waals surface area (Å²) in [4.78, 5) is 12.4. The number of carbonyl (C=O) groups excluding carboxylic acids is 1. The van der Waals surface area contributed by atoms with Gasteiger partial charge in [0.2, 0.25) is 5.91 Å². The highest BCUT2D eigenvalue weighted by molar-refractivity contribution is 8.00. The van der Waals surface area contributed by atoms with Crippen LogP contribution < -0.4 is 11.1 Å². The first-order chi connectivity index (χ1) is 8.50. The normalized spacial score (nSPS) is 10.7. The van der Waals surface area contributed by atoms with Crippen LogP contribution in [0, 0.1) is 5.92 Å². The summed E-state index contributed by atoms with van der Waals surface area (Å²) in [5.74, 6) is 0.948. The van der Waals surface area contributed by atoms with Gasteiger partial charge < -0.3 is 11.1 Å². The summed E-state index contributed by atoms with van der Waals surface area (Å²) in [5, 5.41) is 3.47. The number of amides is 1. The van der Waals surface area contributed by atoms with Gasteiger partial charge in [0, 0.05) is 17.1 Å². The lowest BCUT2D eigenvalue weighted by Gasteiger charge is -2.09. The van der Waals surface area contributed by atoms with Crippen molar-refractivity contribution in [2.45, 2.75) is 25.2 Å². The number of benzene rings is 1. The van der Waals surface area contributed by atoms with Crippen LogP contribution in [0.5, 0.6) is 0 Å². The number of nitrogens with one attached hydrogen (secondary N) is 1. The zero-order chi connectivity index (χ0) is 13.5. The smallest absolute Gasteiger partial charge is 0.230 e. The Balaban J connectivity index is 2.38. The number of carbonyl (C=O) groups is 1. The number of nitrogens with two attached hydrogens (primary N) is 1. The van der Waals surface area contributed by atoms with Crippen molar-refractivity contribution in [3.8, 4) is 0 Å². The Morgan fingerprint density at radius 1 is 1.50 bits per heavy atom. The SMILES string of the molecule is CC(C)CCNC(=O)CSc1c(N)cccc1Cl. The first-order valence-electron chi connectivity index (χ1n) is 5.94. The summed E-state index contributed by atoms with van der Waals surface area (Å²) in [5.41, 5.74) is 6.42. The van der Waals surface area contributed by atoms with E-state index in [0.29, 0.717) is 22.4 Å². The Kier molecular flexibility index (Phi) is 6.36. The maximum absolute atomic E-state index is 11.6. The van der Waals surface area contributed by atoms with Crippen LogP contribution in [0.15, 0.2) is 23.1 Å². The molecule has 0 heterocycles. The van der Waals surface area contributed by atoms with E-state index in [0.717, 1.165) is 17.9 Å². The highest BCUT2D eigenvalue weighted by atomic mass is 35.5. The van der Waals surface area contributed by atoms with Gasteiger partial charge in [0.05, 0.1) is 10.8 Å². The topological polar surface area (TPSA) is 55.1 Å². The molecule has 0 spiro atoms. The van der Waals surface area contributed by atoms with Crippen molar-refractivity contribution in [1.29, 1.82) is 0 Å². The molecule has 0 saturated carbocycles. The van der Waals surface area contributed by atoms with Crippen LogP contribution in [-0.2, 0) is 4.79 Å². The zero-order valence-corrected chi connectivity index (χ0v) is 12.3. The number of hydrogen-bond acceptors (Lipinski definition) is 3. The summed E-state index contributed by atoms with van der Waals surface area (Å²) in [6, 6.07) is 5.35. The average molecular weight is 287 g/mol. The largest absolute Gasteiger partial charge is 0.398 e. The van der Waals surface area contributed by atoms with Crippen molar-refractivity contribution in [3.05, 3.63) is 23.2 Å². The highest BCUT2D eigenvalue weighted by Crippen LogP contribution is 2.32. The first-order valence-corrected chi connectivity index (χ1v) is 7.30.